The predicted molar refractivity (Wildman–Crippen MR) is 120 cm³/mol. The van der Waals surface area contributed by atoms with Crippen LogP contribution < -0.4 is 16.0 Å². The number of aliphatic imine (C=N–C) groups is 1. The maximum absolute atomic E-state index is 11.6. The van der Waals surface area contributed by atoms with Gasteiger partial charge < -0.3 is 16.0 Å². The van der Waals surface area contributed by atoms with Crippen molar-refractivity contribution in [3.63, 3.8) is 0 Å². The van der Waals surface area contributed by atoms with Crippen LogP contribution in [0.2, 0.25) is 5.02 Å². The third-order valence-electron chi connectivity index (χ3n) is 4.27. The van der Waals surface area contributed by atoms with Gasteiger partial charge in [0.25, 0.3) is 0 Å². The number of carbonyl (C=O) groups is 1. The number of guanidine groups is 1. The summed E-state index contributed by atoms with van der Waals surface area (Å²) in [6.45, 7) is 9.08. The molecule has 2 rings (SSSR count). The first-order chi connectivity index (χ1) is 11.9. The molecule has 1 aliphatic rings. The van der Waals surface area contributed by atoms with Crippen LogP contribution in [0.3, 0.4) is 0 Å². The molecule has 7 heteroatoms. The van der Waals surface area contributed by atoms with Gasteiger partial charge in [-0.3, -0.25) is 9.79 Å². The standard InChI is InChI=1S/C19H29ClN4O.HI/c1-4-21-18(23-12-11-22-17(25)14-5-6-14)24-13-19(2,3)15-7-9-16(20)10-8-15;/h7-10,14H,4-6,11-13H2,1-3H3,(H,22,25)(H2,21,23,24);1H. The number of carbonyl (C=O) groups excluding carboxylic acids is 1. The van der Waals surface area contributed by atoms with Crippen LogP contribution in [0.25, 0.3) is 0 Å². The van der Waals surface area contributed by atoms with Crippen LogP contribution in [0, 0.1) is 5.92 Å². The van der Waals surface area contributed by atoms with Gasteiger partial charge in [-0.15, -0.1) is 24.0 Å². The monoisotopic (exact) mass is 492 g/mol. The minimum atomic E-state index is -0.0901. The molecule has 0 bridgehead atoms. The van der Waals surface area contributed by atoms with E-state index in [0.717, 1.165) is 30.4 Å². The second-order valence-electron chi connectivity index (χ2n) is 7.08. The minimum Gasteiger partial charge on any atom is -0.357 e. The van der Waals surface area contributed by atoms with Gasteiger partial charge in [-0.1, -0.05) is 37.6 Å². The summed E-state index contributed by atoms with van der Waals surface area (Å²) in [5, 5.41) is 10.2. The third-order valence-corrected chi connectivity index (χ3v) is 4.52. The Hall–Kier alpha value is -1.02. The molecule has 146 valence electrons. The van der Waals surface area contributed by atoms with Crippen molar-refractivity contribution in [2.24, 2.45) is 10.9 Å². The number of amides is 1. The van der Waals surface area contributed by atoms with Gasteiger partial charge in [0.2, 0.25) is 5.91 Å². The van der Waals surface area contributed by atoms with Gasteiger partial charge in [-0.25, -0.2) is 0 Å². The molecule has 26 heavy (non-hydrogen) atoms. The van der Waals surface area contributed by atoms with Crippen molar-refractivity contribution in [1.82, 2.24) is 16.0 Å². The minimum absolute atomic E-state index is 0. The molecule has 0 aliphatic heterocycles. The topological polar surface area (TPSA) is 65.5 Å². The van der Waals surface area contributed by atoms with Crippen molar-refractivity contribution in [1.29, 1.82) is 0 Å². The fourth-order valence-electron chi connectivity index (χ4n) is 2.47. The number of nitrogens with zero attached hydrogens (tertiary/aromatic N) is 1. The van der Waals surface area contributed by atoms with Crippen molar-refractivity contribution in [2.75, 3.05) is 26.2 Å². The second kappa shape index (κ2) is 11.0. The van der Waals surface area contributed by atoms with E-state index in [1.54, 1.807) is 0 Å². The SMILES string of the molecule is CCNC(=NCC(C)(C)c1ccc(Cl)cc1)NCCNC(=O)C1CC1.I. The lowest BCUT2D eigenvalue weighted by Gasteiger charge is -2.24. The van der Waals surface area contributed by atoms with E-state index in [9.17, 15) is 4.79 Å². The van der Waals surface area contributed by atoms with E-state index >= 15 is 0 Å². The molecule has 0 spiro atoms. The molecule has 1 saturated carbocycles. The van der Waals surface area contributed by atoms with Crippen molar-refractivity contribution < 1.29 is 4.79 Å². The molecule has 0 aromatic heterocycles. The Bertz CT molecular complexity index is 600. The van der Waals surface area contributed by atoms with Crippen LogP contribution in [0.5, 0.6) is 0 Å². The summed E-state index contributed by atoms with van der Waals surface area (Å²) < 4.78 is 0. The first-order valence-corrected chi connectivity index (χ1v) is 9.36. The summed E-state index contributed by atoms with van der Waals surface area (Å²) in [5.74, 6) is 1.19. The van der Waals surface area contributed by atoms with Crippen LogP contribution in [-0.4, -0.2) is 38.0 Å². The van der Waals surface area contributed by atoms with Gasteiger partial charge in [0.1, 0.15) is 0 Å². The second-order valence-corrected chi connectivity index (χ2v) is 7.51. The van der Waals surface area contributed by atoms with Gasteiger partial charge in [0.15, 0.2) is 5.96 Å². The van der Waals surface area contributed by atoms with E-state index in [2.05, 4.69) is 29.8 Å². The number of hydrogen-bond donors (Lipinski definition) is 3. The molecule has 5 nitrogen and oxygen atoms in total. The molecule has 1 aliphatic carbocycles. The summed E-state index contributed by atoms with van der Waals surface area (Å²) in [4.78, 5) is 16.3. The Morgan fingerprint density at radius 2 is 1.77 bits per heavy atom. The van der Waals surface area contributed by atoms with Crippen LogP contribution in [0.4, 0.5) is 0 Å². The number of hydrogen-bond acceptors (Lipinski definition) is 2. The highest BCUT2D eigenvalue weighted by Gasteiger charge is 2.29. The summed E-state index contributed by atoms with van der Waals surface area (Å²) in [6, 6.07) is 7.92. The van der Waals surface area contributed by atoms with Crippen molar-refractivity contribution in [3.05, 3.63) is 34.9 Å². The van der Waals surface area contributed by atoms with Gasteiger partial charge in [-0.2, -0.15) is 0 Å². The largest absolute Gasteiger partial charge is 0.357 e. The molecule has 0 saturated heterocycles. The highest BCUT2D eigenvalue weighted by molar-refractivity contribution is 14.0. The molecule has 1 aromatic carbocycles. The molecule has 0 unspecified atom stereocenters. The predicted octanol–water partition coefficient (Wildman–Crippen LogP) is 3.32. The molecule has 0 radical (unpaired) electrons. The van der Waals surface area contributed by atoms with E-state index in [4.69, 9.17) is 16.6 Å². The maximum Gasteiger partial charge on any atom is 0.223 e. The number of rotatable bonds is 8. The fraction of sp³-hybridized carbons (Fsp3) is 0.579. The highest BCUT2D eigenvalue weighted by atomic mass is 127. The van der Waals surface area contributed by atoms with Crippen LogP contribution in [0.1, 0.15) is 39.2 Å². The quantitative estimate of drug-likeness (QED) is 0.226. The first-order valence-electron chi connectivity index (χ1n) is 8.98. The highest BCUT2D eigenvalue weighted by Crippen LogP contribution is 2.28. The normalized spacial score (nSPS) is 14.4. The molecule has 1 aromatic rings. The van der Waals surface area contributed by atoms with Gasteiger partial charge >= 0.3 is 0 Å². The molecular weight excluding hydrogens is 463 g/mol. The van der Waals surface area contributed by atoms with E-state index < -0.39 is 0 Å². The Balaban J connectivity index is 0.00000338. The van der Waals surface area contributed by atoms with Gasteiger partial charge in [-0.05, 0) is 37.5 Å². The summed E-state index contributed by atoms with van der Waals surface area (Å²) in [7, 11) is 0. The van der Waals surface area contributed by atoms with E-state index in [0.29, 0.717) is 19.6 Å². The zero-order valence-corrected chi connectivity index (χ0v) is 18.9. The average molecular weight is 493 g/mol. The van der Waals surface area contributed by atoms with E-state index in [1.807, 2.05) is 31.2 Å². The number of nitrogens with one attached hydrogen (secondary N) is 3. The van der Waals surface area contributed by atoms with Crippen molar-refractivity contribution in [3.8, 4) is 0 Å². The Morgan fingerprint density at radius 3 is 2.35 bits per heavy atom. The molecule has 3 N–H and O–H groups in total. The number of benzene rings is 1. The maximum atomic E-state index is 11.6. The molecule has 1 amide bonds. The zero-order chi connectivity index (χ0) is 18.3. The lowest BCUT2D eigenvalue weighted by molar-refractivity contribution is -0.122. The third kappa shape index (κ3) is 7.70. The van der Waals surface area contributed by atoms with Crippen molar-refractivity contribution in [2.45, 2.75) is 39.0 Å². The Labute approximate surface area is 178 Å². The van der Waals surface area contributed by atoms with E-state index in [1.165, 1.54) is 5.56 Å². The van der Waals surface area contributed by atoms with E-state index in [-0.39, 0.29) is 41.2 Å². The van der Waals surface area contributed by atoms with Gasteiger partial charge in [0, 0.05) is 36.0 Å². The van der Waals surface area contributed by atoms with Crippen LogP contribution in [-0.2, 0) is 10.2 Å². The smallest absolute Gasteiger partial charge is 0.223 e. The summed E-state index contributed by atoms with van der Waals surface area (Å²) in [5.41, 5.74) is 1.11. The molecule has 0 heterocycles. The van der Waals surface area contributed by atoms with Crippen molar-refractivity contribution >= 4 is 47.4 Å². The number of halogens is 2. The summed E-state index contributed by atoms with van der Waals surface area (Å²) >= 11 is 5.97. The zero-order valence-electron chi connectivity index (χ0n) is 15.8. The van der Waals surface area contributed by atoms with Crippen LogP contribution in [0.15, 0.2) is 29.3 Å². The average Bonchev–Trinajstić information content (AvgIpc) is 3.41. The Kier molecular flexibility index (Phi) is 9.71. The van der Waals surface area contributed by atoms with Crippen LogP contribution >= 0.6 is 35.6 Å². The fourth-order valence-corrected chi connectivity index (χ4v) is 2.59. The molecule has 0 atom stereocenters. The lowest BCUT2D eigenvalue weighted by atomic mass is 9.85. The molecule has 1 fully saturated rings. The Morgan fingerprint density at radius 1 is 1.15 bits per heavy atom. The lowest BCUT2D eigenvalue weighted by Crippen LogP contribution is -2.42. The van der Waals surface area contributed by atoms with Gasteiger partial charge in [0.05, 0.1) is 6.54 Å². The molecular formula is C19H30ClIN4O. The summed E-state index contributed by atoms with van der Waals surface area (Å²) in [6.07, 6.45) is 2.06. The first kappa shape index (κ1) is 23.0.